The minimum absolute atomic E-state index is 0.0369. The molecule has 2 heterocycles. The molecule has 0 saturated carbocycles. The molecule has 3 unspecified atom stereocenters. The lowest BCUT2D eigenvalue weighted by Crippen LogP contribution is -2.52. The maximum absolute atomic E-state index is 15.6. The number of ether oxygens (including phenoxy) is 2. The number of amides is 3. The molecule has 3 N–H and O–H groups in total. The van der Waals surface area contributed by atoms with E-state index in [0.717, 1.165) is 24.1 Å². The van der Waals surface area contributed by atoms with Gasteiger partial charge >= 0.3 is 12.2 Å². The number of cyclic esters (lactones) is 1. The first-order valence-electron chi connectivity index (χ1n) is 15.0. The van der Waals surface area contributed by atoms with E-state index in [0.29, 0.717) is 38.3 Å². The molecular formula is C31H45FN6O5. The zero-order valence-electron chi connectivity index (χ0n) is 25.7. The van der Waals surface area contributed by atoms with Gasteiger partial charge in [-0.1, -0.05) is 25.1 Å². The second kappa shape index (κ2) is 13.2. The number of aliphatic imine (C=N–C) groups is 1. The van der Waals surface area contributed by atoms with Gasteiger partial charge in [-0.3, -0.25) is 14.7 Å². The van der Waals surface area contributed by atoms with E-state index < -0.39 is 35.7 Å². The number of alkyl halides is 1. The van der Waals surface area contributed by atoms with E-state index in [1.54, 1.807) is 20.8 Å². The van der Waals surface area contributed by atoms with Crippen molar-refractivity contribution in [1.82, 2.24) is 20.0 Å². The Bertz CT molecular complexity index is 1210. The second-order valence-electron chi connectivity index (χ2n) is 12.6. The van der Waals surface area contributed by atoms with Gasteiger partial charge < -0.3 is 30.3 Å². The number of piperazine rings is 1. The molecule has 2 fully saturated rings. The number of aryl methyl sites for hydroxylation is 1. The van der Waals surface area contributed by atoms with Crippen LogP contribution >= 0.6 is 0 Å². The standard InChI is InChI=1S/C31H45FN6O5/c1-21-17-26(36-13-15-37(16-14-36)27(39)8-6-7-22-9-11-23(33)12-10-22)24(32)18-25(21)38-20-31(34-5,43-29(38)41)19-35-28(40)42-30(2,3)4/h9-12,17,21,24-25H,5-8,13-16,18-20,33H2,1-4H3,(H,35,40)/t21?,24?,25?,31-/m0/s1. The molecule has 4 atom stereocenters. The van der Waals surface area contributed by atoms with Crippen molar-refractivity contribution in [2.24, 2.45) is 10.9 Å². The molecule has 1 aromatic rings. The number of rotatable bonds is 9. The van der Waals surface area contributed by atoms with Gasteiger partial charge in [0.1, 0.15) is 11.8 Å². The summed E-state index contributed by atoms with van der Waals surface area (Å²) in [5, 5.41) is 2.60. The van der Waals surface area contributed by atoms with Crippen LogP contribution in [0.5, 0.6) is 0 Å². The first kappa shape index (κ1) is 32.1. The Balaban J connectivity index is 1.28. The maximum atomic E-state index is 15.6. The molecule has 0 spiro atoms. The van der Waals surface area contributed by atoms with E-state index in [-0.39, 0.29) is 31.3 Å². The van der Waals surface area contributed by atoms with Crippen LogP contribution in [0.1, 0.15) is 52.5 Å². The van der Waals surface area contributed by atoms with Crippen LogP contribution in [-0.2, 0) is 20.7 Å². The minimum Gasteiger partial charge on any atom is -0.444 e. The molecule has 0 radical (unpaired) electrons. The fourth-order valence-corrected chi connectivity index (χ4v) is 5.84. The summed E-state index contributed by atoms with van der Waals surface area (Å²) in [6.45, 7) is 12.9. The number of allylic oxidation sites excluding steroid dienone is 1. The predicted octanol–water partition coefficient (Wildman–Crippen LogP) is 3.74. The average Bonchev–Trinajstić information content (AvgIpc) is 3.29. The van der Waals surface area contributed by atoms with Crippen molar-refractivity contribution in [3.63, 3.8) is 0 Å². The Labute approximate surface area is 253 Å². The van der Waals surface area contributed by atoms with Gasteiger partial charge in [-0.15, -0.1) is 0 Å². The first-order valence-corrected chi connectivity index (χ1v) is 15.0. The van der Waals surface area contributed by atoms with Crippen LogP contribution in [-0.4, -0.2) is 102 Å². The zero-order chi connectivity index (χ0) is 31.4. The van der Waals surface area contributed by atoms with Crippen molar-refractivity contribution in [3.8, 4) is 0 Å². The number of nitrogens with two attached hydrogens (primary N) is 1. The van der Waals surface area contributed by atoms with Crippen LogP contribution in [0.15, 0.2) is 41.0 Å². The summed E-state index contributed by atoms with van der Waals surface area (Å²) in [4.78, 5) is 47.2. The SMILES string of the molecule is C=N[C@]1(CNC(=O)OC(C)(C)C)CN(C2CC(F)C(N3CCN(C(=O)CCCc4ccc(N)cc4)CC3)=CC2C)C(=O)O1. The number of nitrogens with zero attached hydrogens (tertiary/aromatic N) is 4. The van der Waals surface area contributed by atoms with Gasteiger partial charge in [0.05, 0.1) is 13.1 Å². The van der Waals surface area contributed by atoms with E-state index in [1.165, 1.54) is 4.90 Å². The number of nitrogens with one attached hydrogen (secondary N) is 1. The van der Waals surface area contributed by atoms with Crippen LogP contribution in [0, 0.1) is 5.92 Å². The number of nitrogen functional groups attached to an aromatic ring is 1. The number of carbonyl (C=O) groups is 3. The summed E-state index contributed by atoms with van der Waals surface area (Å²) in [5.74, 6) is -0.0343. The fourth-order valence-electron chi connectivity index (χ4n) is 5.84. The maximum Gasteiger partial charge on any atom is 0.412 e. The molecule has 1 aliphatic carbocycles. The summed E-state index contributed by atoms with van der Waals surface area (Å²) < 4.78 is 26.5. The van der Waals surface area contributed by atoms with Crippen LogP contribution in [0.25, 0.3) is 0 Å². The molecule has 3 amide bonds. The normalized spacial score (nSPS) is 26.1. The molecule has 2 aliphatic heterocycles. The van der Waals surface area contributed by atoms with E-state index in [2.05, 4.69) is 17.0 Å². The molecule has 0 bridgehead atoms. The highest BCUT2D eigenvalue weighted by molar-refractivity contribution is 5.76. The third kappa shape index (κ3) is 8.17. The highest BCUT2D eigenvalue weighted by atomic mass is 19.1. The highest BCUT2D eigenvalue weighted by Crippen LogP contribution is 2.36. The topological polar surface area (TPSA) is 130 Å². The van der Waals surface area contributed by atoms with E-state index in [1.807, 2.05) is 47.1 Å². The number of hydrogen-bond donors (Lipinski definition) is 2. The molecule has 2 saturated heterocycles. The molecular weight excluding hydrogens is 555 g/mol. The Kier molecular flexibility index (Phi) is 9.86. The molecule has 3 aliphatic rings. The number of alkyl carbamates (subject to hydrolysis) is 1. The van der Waals surface area contributed by atoms with E-state index >= 15 is 4.39 Å². The molecule has 236 valence electrons. The largest absolute Gasteiger partial charge is 0.444 e. The van der Waals surface area contributed by atoms with Gasteiger partial charge in [-0.25, -0.2) is 14.0 Å². The Hall–Kier alpha value is -3.83. The van der Waals surface area contributed by atoms with E-state index in [9.17, 15) is 14.4 Å². The molecule has 0 aromatic heterocycles. The van der Waals surface area contributed by atoms with Crippen molar-refractivity contribution in [3.05, 3.63) is 41.6 Å². The summed E-state index contributed by atoms with van der Waals surface area (Å²) in [6.07, 6.45) is 1.49. The first-order chi connectivity index (χ1) is 20.3. The minimum atomic E-state index is -1.39. The molecule has 4 rings (SSSR count). The van der Waals surface area contributed by atoms with Gasteiger partial charge in [0.25, 0.3) is 0 Å². The Morgan fingerprint density at radius 1 is 1.21 bits per heavy atom. The number of benzene rings is 1. The van der Waals surface area contributed by atoms with Gasteiger partial charge in [0, 0.05) is 56.4 Å². The van der Waals surface area contributed by atoms with Crippen molar-refractivity contribution in [2.75, 3.05) is 45.0 Å². The van der Waals surface area contributed by atoms with Crippen molar-refractivity contribution in [2.45, 2.75) is 76.9 Å². The molecule has 12 heteroatoms. The van der Waals surface area contributed by atoms with Crippen LogP contribution < -0.4 is 11.1 Å². The summed E-state index contributed by atoms with van der Waals surface area (Å²) in [5.41, 5.74) is 6.15. The molecule has 1 aromatic carbocycles. The highest BCUT2D eigenvalue weighted by Gasteiger charge is 2.50. The predicted molar refractivity (Wildman–Crippen MR) is 162 cm³/mol. The Morgan fingerprint density at radius 2 is 1.88 bits per heavy atom. The molecule has 11 nitrogen and oxygen atoms in total. The average molecular weight is 601 g/mol. The van der Waals surface area contributed by atoms with Crippen molar-refractivity contribution < 1.29 is 28.2 Å². The lowest BCUT2D eigenvalue weighted by Gasteiger charge is -2.42. The van der Waals surface area contributed by atoms with Crippen molar-refractivity contribution >= 4 is 30.5 Å². The molecule has 43 heavy (non-hydrogen) atoms. The summed E-state index contributed by atoms with van der Waals surface area (Å²) in [6, 6.07) is 7.26. The fraction of sp³-hybridized carbons (Fsp3) is 0.613. The van der Waals surface area contributed by atoms with Gasteiger partial charge in [-0.05, 0) is 63.9 Å². The number of anilines is 1. The van der Waals surface area contributed by atoms with Crippen LogP contribution in [0.4, 0.5) is 19.7 Å². The van der Waals surface area contributed by atoms with E-state index in [4.69, 9.17) is 15.2 Å². The smallest absolute Gasteiger partial charge is 0.412 e. The van der Waals surface area contributed by atoms with Crippen LogP contribution in [0.3, 0.4) is 0 Å². The monoisotopic (exact) mass is 600 g/mol. The third-order valence-electron chi connectivity index (χ3n) is 8.17. The zero-order valence-corrected chi connectivity index (χ0v) is 25.7. The number of carbonyl (C=O) groups excluding carboxylic acids is 3. The summed E-state index contributed by atoms with van der Waals surface area (Å²) in [7, 11) is 0. The van der Waals surface area contributed by atoms with Gasteiger partial charge in [0.2, 0.25) is 11.6 Å². The second-order valence-corrected chi connectivity index (χ2v) is 12.6. The van der Waals surface area contributed by atoms with Gasteiger partial charge in [0.15, 0.2) is 0 Å². The quantitative estimate of drug-likeness (QED) is 0.326. The lowest BCUT2D eigenvalue weighted by atomic mass is 9.86. The Morgan fingerprint density at radius 3 is 2.51 bits per heavy atom. The summed E-state index contributed by atoms with van der Waals surface area (Å²) >= 11 is 0. The van der Waals surface area contributed by atoms with Crippen LogP contribution in [0.2, 0.25) is 0 Å². The van der Waals surface area contributed by atoms with Crippen molar-refractivity contribution in [1.29, 1.82) is 0 Å². The van der Waals surface area contributed by atoms with Gasteiger partial charge in [-0.2, -0.15) is 0 Å². The lowest BCUT2D eigenvalue weighted by molar-refractivity contribution is -0.132. The third-order valence-corrected chi connectivity index (χ3v) is 8.17. The number of halogens is 1. The number of hydrogen-bond acceptors (Lipinski definition) is 8.